The Labute approximate surface area is 90.6 Å². The highest BCUT2D eigenvalue weighted by atomic mass is 16.5. The maximum atomic E-state index is 11.3. The summed E-state index contributed by atoms with van der Waals surface area (Å²) in [6.45, 7) is 5.68. The molecule has 1 rings (SSSR count). The monoisotopic (exact) mass is 213 g/mol. The van der Waals surface area contributed by atoms with Crippen molar-refractivity contribution < 1.29 is 14.3 Å². The molecule has 86 valence electrons. The third kappa shape index (κ3) is 3.30. The Balaban J connectivity index is 2.31. The van der Waals surface area contributed by atoms with E-state index in [9.17, 15) is 9.59 Å². The van der Waals surface area contributed by atoms with E-state index in [1.54, 1.807) is 6.92 Å². The van der Waals surface area contributed by atoms with Crippen LogP contribution in [0.5, 0.6) is 0 Å². The van der Waals surface area contributed by atoms with E-state index in [4.69, 9.17) is 4.74 Å². The van der Waals surface area contributed by atoms with E-state index in [2.05, 4.69) is 11.8 Å². The van der Waals surface area contributed by atoms with Gasteiger partial charge in [-0.05, 0) is 19.9 Å². The van der Waals surface area contributed by atoms with Crippen LogP contribution in [0.2, 0.25) is 0 Å². The van der Waals surface area contributed by atoms with Gasteiger partial charge in [-0.15, -0.1) is 0 Å². The first-order valence-corrected chi connectivity index (χ1v) is 5.61. The van der Waals surface area contributed by atoms with E-state index < -0.39 is 0 Å². The van der Waals surface area contributed by atoms with Crippen molar-refractivity contribution in [3.05, 3.63) is 0 Å². The third-order valence-corrected chi connectivity index (χ3v) is 2.64. The van der Waals surface area contributed by atoms with Gasteiger partial charge in [0.05, 0.1) is 25.6 Å². The zero-order chi connectivity index (χ0) is 11.3. The predicted molar refractivity (Wildman–Crippen MR) is 56.5 cm³/mol. The molecule has 4 heteroatoms. The van der Waals surface area contributed by atoms with Gasteiger partial charge in [0.2, 0.25) is 0 Å². The molecule has 0 bridgehead atoms. The fraction of sp³-hybridized carbons (Fsp3) is 0.818. The van der Waals surface area contributed by atoms with Gasteiger partial charge in [0, 0.05) is 0 Å². The number of nitrogens with zero attached hydrogens (tertiary/aromatic N) is 1. The molecule has 15 heavy (non-hydrogen) atoms. The van der Waals surface area contributed by atoms with Crippen LogP contribution in [0, 0.1) is 0 Å². The van der Waals surface area contributed by atoms with Crippen LogP contribution >= 0.6 is 0 Å². The lowest BCUT2D eigenvalue weighted by atomic mass is 9.97. The largest absolute Gasteiger partial charge is 0.466 e. The number of Topliss-reactive ketones (excluding diaryl/α,β-unsaturated/α-hetero) is 1. The van der Waals surface area contributed by atoms with Crippen molar-refractivity contribution in [1.82, 2.24) is 4.90 Å². The van der Waals surface area contributed by atoms with E-state index in [1.807, 2.05) is 0 Å². The van der Waals surface area contributed by atoms with E-state index in [-0.39, 0.29) is 24.2 Å². The average Bonchev–Trinajstić information content (AvgIpc) is 2.21. The summed E-state index contributed by atoms with van der Waals surface area (Å²) in [5.74, 6) is -0.101. The van der Waals surface area contributed by atoms with Crippen LogP contribution in [0.3, 0.4) is 0 Å². The van der Waals surface area contributed by atoms with Crippen molar-refractivity contribution >= 4 is 11.8 Å². The molecule has 1 aliphatic heterocycles. The van der Waals surface area contributed by atoms with Crippen molar-refractivity contribution in [2.24, 2.45) is 0 Å². The zero-order valence-electron chi connectivity index (χ0n) is 9.49. The molecule has 1 fully saturated rings. The van der Waals surface area contributed by atoms with Gasteiger partial charge in [0.25, 0.3) is 0 Å². The molecular weight excluding hydrogens is 194 g/mol. The summed E-state index contributed by atoms with van der Waals surface area (Å²) in [5, 5.41) is 0. The van der Waals surface area contributed by atoms with Gasteiger partial charge >= 0.3 is 5.97 Å². The molecule has 0 amide bonds. The molecule has 0 aromatic carbocycles. The highest BCUT2D eigenvalue weighted by Crippen LogP contribution is 2.18. The highest BCUT2D eigenvalue weighted by molar-refractivity contribution is 5.94. The van der Waals surface area contributed by atoms with Crippen LogP contribution in [0.4, 0.5) is 0 Å². The van der Waals surface area contributed by atoms with Gasteiger partial charge in [0.15, 0.2) is 5.78 Å². The minimum Gasteiger partial charge on any atom is -0.466 e. The molecule has 0 radical (unpaired) electrons. The first-order valence-electron chi connectivity index (χ1n) is 5.61. The molecule has 1 atom stereocenters. The van der Waals surface area contributed by atoms with Crippen molar-refractivity contribution in [3.8, 4) is 0 Å². The molecule has 0 aliphatic carbocycles. The second kappa shape index (κ2) is 5.85. The molecule has 0 N–H and O–H groups in total. The minimum atomic E-state index is -0.267. The van der Waals surface area contributed by atoms with Gasteiger partial charge < -0.3 is 4.74 Å². The zero-order valence-corrected chi connectivity index (χ0v) is 9.49. The summed E-state index contributed by atoms with van der Waals surface area (Å²) in [6, 6.07) is -0.212. The first kappa shape index (κ1) is 12.2. The molecule has 1 unspecified atom stereocenters. The van der Waals surface area contributed by atoms with E-state index in [1.165, 1.54) is 0 Å². The second-order valence-electron chi connectivity index (χ2n) is 3.82. The molecule has 0 spiro atoms. The Morgan fingerprint density at radius 3 is 2.80 bits per heavy atom. The Kier molecular flexibility index (Phi) is 4.75. The molecule has 1 saturated heterocycles. The lowest BCUT2D eigenvalue weighted by Gasteiger charge is -2.38. The lowest BCUT2D eigenvalue weighted by molar-refractivity contribution is -0.151. The fourth-order valence-electron chi connectivity index (χ4n) is 1.72. The summed E-state index contributed by atoms with van der Waals surface area (Å²) >= 11 is 0. The van der Waals surface area contributed by atoms with Gasteiger partial charge in [-0.1, -0.05) is 13.3 Å². The minimum absolute atomic E-state index is 0.166. The number of ketones is 1. The Morgan fingerprint density at radius 2 is 2.27 bits per heavy atom. The van der Waals surface area contributed by atoms with E-state index >= 15 is 0 Å². The van der Waals surface area contributed by atoms with Crippen LogP contribution in [0.25, 0.3) is 0 Å². The Morgan fingerprint density at radius 1 is 1.53 bits per heavy atom. The number of carbonyl (C=O) groups is 2. The number of rotatable bonds is 6. The number of esters is 1. The first-order chi connectivity index (χ1) is 7.19. The number of likely N-dealkylation sites (tertiary alicyclic amines) is 1. The number of carbonyl (C=O) groups excluding carboxylic acids is 2. The van der Waals surface area contributed by atoms with E-state index in [0.29, 0.717) is 13.2 Å². The normalized spacial score (nSPS) is 21.2. The van der Waals surface area contributed by atoms with E-state index in [0.717, 1.165) is 19.4 Å². The maximum Gasteiger partial charge on any atom is 0.307 e. The number of unbranched alkanes of at least 4 members (excludes halogenated alkanes) is 1. The molecule has 0 aromatic rings. The van der Waals surface area contributed by atoms with Crippen molar-refractivity contribution in [1.29, 1.82) is 0 Å². The predicted octanol–water partition coefficient (Wildman–Crippen LogP) is 0.993. The van der Waals surface area contributed by atoms with Crippen LogP contribution in [-0.2, 0) is 14.3 Å². The molecule has 1 heterocycles. The van der Waals surface area contributed by atoms with Crippen LogP contribution in [0.1, 0.15) is 33.1 Å². The molecule has 0 aromatic heterocycles. The van der Waals surface area contributed by atoms with Crippen LogP contribution in [-0.4, -0.2) is 42.4 Å². The smallest absolute Gasteiger partial charge is 0.307 e. The third-order valence-electron chi connectivity index (χ3n) is 2.64. The van der Waals surface area contributed by atoms with Crippen molar-refractivity contribution in [3.63, 3.8) is 0 Å². The molecule has 1 aliphatic rings. The van der Waals surface area contributed by atoms with Gasteiger partial charge in [-0.2, -0.15) is 0 Å². The summed E-state index contributed by atoms with van der Waals surface area (Å²) in [4.78, 5) is 24.6. The summed E-state index contributed by atoms with van der Waals surface area (Å²) < 4.78 is 4.83. The Hall–Kier alpha value is -0.900. The molecule has 0 saturated carbocycles. The van der Waals surface area contributed by atoms with Crippen LogP contribution < -0.4 is 0 Å². The van der Waals surface area contributed by atoms with Crippen molar-refractivity contribution in [2.75, 3.05) is 19.7 Å². The highest BCUT2D eigenvalue weighted by Gasteiger charge is 2.38. The number of hydrogen-bond donors (Lipinski definition) is 0. The van der Waals surface area contributed by atoms with Crippen molar-refractivity contribution in [2.45, 2.75) is 39.2 Å². The lowest BCUT2D eigenvalue weighted by Crippen LogP contribution is -2.57. The quantitative estimate of drug-likeness (QED) is 0.617. The topological polar surface area (TPSA) is 46.6 Å². The standard InChI is InChI=1S/C11H19NO3/c1-3-5-6-12-8-10(13)9(12)7-11(14)15-4-2/h9H,3-8H2,1-2H3. The number of ether oxygens (including phenoxy) is 1. The fourth-order valence-corrected chi connectivity index (χ4v) is 1.72. The summed E-state index contributed by atoms with van der Waals surface area (Å²) in [7, 11) is 0. The summed E-state index contributed by atoms with van der Waals surface area (Å²) in [5.41, 5.74) is 0. The van der Waals surface area contributed by atoms with Crippen LogP contribution in [0.15, 0.2) is 0 Å². The van der Waals surface area contributed by atoms with Gasteiger partial charge in [0.1, 0.15) is 0 Å². The van der Waals surface area contributed by atoms with Gasteiger partial charge in [-0.25, -0.2) is 0 Å². The Bertz CT molecular complexity index is 240. The maximum absolute atomic E-state index is 11.3. The summed E-state index contributed by atoms with van der Waals surface area (Å²) in [6.07, 6.45) is 2.40. The SMILES string of the molecule is CCCCN1CC(=O)C1CC(=O)OCC. The molecule has 4 nitrogen and oxygen atoms in total. The number of hydrogen-bond acceptors (Lipinski definition) is 4. The molecular formula is C11H19NO3. The second-order valence-corrected chi connectivity index (χ2v) is 3.82. The average molecular weight is 213 g/mol. The van der Waals surface area contributed by atoms with Gasteiger partial charge in [-0.3, -0.25) is 14.5 Å².